The van der Waals surface area contributed by atoms with Crippen molar-refractivity contribution < 1.29 is 0 Å². The minimum atomic E-state index is 0.544. The summed E-state index contributed by atoms with van der Waals surface area (Å²) < 4.78 is 2.43. The van der Waals surface area contributed by atoms with Gasteiger partial charge in [-0.3, -0.25) is 0 Å². The van der Waals surface area contributed by atoms with Gasteiger partial charge in [-0.05, 0) is 25.0 Å². The normalized spacial score (nSPS) is 22.0. The summed E-state index contributed by atoms with van der Waals surface area (Å²) in [5, 5.41) is 3.57. The molecule has 1 unspecified atom stereocenters. The highest BCUT2D eigenvalue weighted by Crippen LogP contribution is 2.26. The smallest absolute Gasteiger partial charge is 0.0498 e. The van der Waals surface area contributed by atoms with Gasteiger partial charge in [0.25, 0.3) is 0 Å². The highest BCUT2D eigenvalue weighted by atomic mass is 15.1. The van der Waals surface area contributed by atoms with Crippen LogP contribution >= 0.6 is 0 Å². The summed E-state index contributed by atoms with van der Waals surface area (Å²) in [6.45, 7) is 8.96. The van der Waals surface area contributed by atoms with Gasteiger partial charge in [-0.1, -0.05) is 13.8 Å². The van der Waals surface area contributed by atoms with E-state index >= 15 is 0 Å². The number of hydrogen-bond donors (Lipinski definition) is 1. The van der Waals surface area contributed by atoms with Gasteiger partial charge >= 0.3 is 0 Å². The number of rotatable bonds is 1. The van der Waals surface area contributed by atoms with Gasteiger partial charge in [0.2, 0.25) is 0 Å². The molecule has 1 aliphatic rings. The van der Waals surface area contributed by atoms with E-state index in [-0.39, 0.29) is 0 Å². The lowest BCUT2D eigenvalue weighted by atomic mass is 10.00. The van der Waals surface area contributed by atoms with Crippen LogP contribution in [0.1, 0.15) is 31.3 Å². The first kappa shape index (κ1) is 8.82. The van der Waals surface area contributed by atoms with E-state index in [0.717, 1.165) is 13.1 Å². The molecule has 2 heterocycles. The number of fused-ring (bicyclic) bond motifs is 1. The molecule has 2 rings (SSSR count). The number of aryl methyl sites for hydroxylation is 1. The molecular formula is C11H18N2. The van der Waals surface area contributed by atoms with E-state index in [9.17, 15) is 0 Å². The molecule has 0 saturated carbocycles. The summed E-state index contributed by atoms with van der Waals surface area (Å²) in [6.07, 6.45) is 0. The van der Waals surface area contributed by atoms with Crippen molar-refractivity contribution in [3.05, 3.63) is 23.5 Å². The number of nitrogens with one attached hydrogen (secondary N) is 1. The Balaban J connectivity index is 2.38. The molecule has 0 radical (unpaired) electrons. The van der Waals surface area contributed by atoms with Crippen molar-refractivity contribution in [1.29, 1.82) is 0 Å². The molecule has 13 heavy (non-hydrogen) atoms. The summed E-state index contributed by atoms with van der Waals surface area (Å²) in [5.74, 6) is 0.674. The lowest BCUT2D eigenvalue weighted by Gasteiger charge is -2.30. The van der Waals surface area contributed by atoms with E-state index in [1.807, 2.05) is 0 Å². The molecule has 0 amide bonds. The highest BCUT2D eigenvalue weighted by molar-refractivity contribution is 5.20. The van der Waals surface area contributed by atoms with Crippen molar-refractivity contribution in [1.82, 2.24) is 9.88 Å². The fourth-order valence-electron chi connectivity index (χ4n) is 2.18. The van der Waals surface area contributed by atoms with Crippen LogP contribution in [0.4, 0.5) is 0 Å². The first-order valence-electron chi connectivity index (χ1n) is 5.09. The van der Waals surface area contributed by atoms with Crippen LogP contribution in [-0.2, 0) is 6.54 Å². The molecule has 1 N–H and O–H groups in total. The van der Waals surface area contributed by atoms with Crippen molar-refractivity contribution in [3.8, 4) is 0 Å². The predicted molar refractivity (Wildman–Crippen MR) is 54.8 cm³/mol. The SMILES string of the molecule is Cc1ccc2n1CCNC2C(C)C. The monoisotopic (exact) mass is 178 g/mol. The molecule has 0 saturated heterocycles. The summed E-state index contributed by atoms with van der Waals surface area (Å²) in [6, 6.07) is 5.02. The Morgan fingerprint density at radius 2 is 2.23 bits per heavy atom. The molecule has 0 bridgehead atoms. The molecule has 0 fully saturated rings. The zero-order valence-electron chi connectivity index (χ0n) is 8.67. The third-order valence-electron chi connectivity index (χ3n) is 2.92. The summed E-state index contributed by atoms with van der Waals surface area (Å²) in [4.78, 5) is 0. The van der Waals surface area contributed by atoms with Crippen molar-refractivity contribution in [2.75, 3.05) is 6.54 Å². The van der Waals surface area contributed by atoms with Gasteiger partial charge in [0, 0.05) is 30.5 Å². The van der Waals surface area contributed by atoms with E-state index in [1.54, 1.807) is 0 Å². The maximum absolute atomic E-state index is 3.57. The Bertz CT molecular complexity index is 299. The molecule has 1 aromatic rings. The average molecular weight is 178 g/mol. The van der Waals surface area contributed by atoms with Gasteiger partial charge in [-0.25, -0.2) is 0 Å². The molecular weight excluding hydrogens is 160 g/mol. The Labute approximate surface area is 79.9 Å². The van der Waals surface area contributed by atoms with Crippen LogP contribution in [0.15, 0.2) is 12.1 Å². The zero-order chi connectivity index (χ0) is 9.42. The van der Waals surface area contributed by atoms with Gasteiger partial charge in [0.15, 0.2) is 0 Å². The topological polar surface area (TPSA) is 17.0 Å². The average Bonchev–Trinajstić information content (AvgIpc) is 2.48. The first-order chi connectivity index (χ1) is 6.20. The molecule has 2 nitrogen and oxygen atoms in total. The Morgan fingerprint density at radius 3 is 2.92 bits per heavy atom. The van der Waals surface area contributed by atoms with Crippen LogP contribution in [0.5, 0.6) is 0 Å². The fraction of sp³-hybridized carbons (Fsp3) is 0.636. The second kappa shape index (κ2) is 3.18. The van der Waals surface area contributed by atoms with Crippen molar-refractivity contribution in [3.63, 3.8) is 0 Å². The van der Waals surface area contributed by atoms with E-state index < -0.39 is 0 Å². The first-order valence-corrected chi connectivity index (χ1v) is 5.09. The molecule has 1 atom stereocenters. The second-order valence-electron chi connectivity index (χ2n) is 4.23. The molecule has 1 aliphatic heterocycles. The Hall–Kier alpha value is -0.760. The second-order valence-corrected chi connectivity index (χ2v) is 4.23. The number of hydrogen-bond acceptors (Lipinski definition) is 1. The molecule has 0 spiro atoms. The Morgan fingerprint density at radius 1 is 1.46 bits per heavy atom. The Kier molecular flexibility index (Phi) is 2.16. The molecule has 1 aromatic heterocycles. The van der Waals surface area contributed by atoms with Gasteiger partial charge in [0.05, 0.1) is 0 Å². The van der Waals surface area contributed by atoms with Crippen molar-refractivity contribution in [2.24, 2.45) is 5.92 Å². The van der Waals surface area contributed by atoms with Gasteiger partial charge in [-0.15, -0.1) is 0 Å². The van der Waals surface area contributed by atoms with E-state index in [2.05, 4.69) is 42.8 Å². The third-order valence-corrected chi connectivity index (χ3v) is 2.92. The van der Waals surface area contributed by atoms with E-state index in [0.29, 0.717) is 12.0 Å². The van der Waals surface area contributed by atoms with Gasteiger partial charge < -0.3 is 9.88 Å². The van der Waals surface area contributed by atoms with Gasteiger partial charge in [-0.2, -0.15) is 0 Å². The summed E-state index contributed by atoms with van der Waals surface area (Å²) in [5.41, 5.74) is 2.85. The lowest BCUT2D eigenvalue weighted by Crippen LogP contribution is -2.36. The molecule has 72 valence electrons. The summed E-state index contributed by atoms with van der Waals surface area (Å²) in [7, 11) is 0. The maximum Gasteiger partial charge on any atom is 0.0498 e. The minimum absolute atomic E-state index is 0.544. The maximum atomic E-state index is 3.57. The number of aromatic nitrogens is 1. The molecule has 0 aliphatic carbocycles. The van der Waals surface area contributed by atoms with Crippen LogP contribution in [0.25, 0.3) is 0 Å². The van der Waals surface area contributed by atoms with Gasteiger partial charge in [0.1, 0.15) is 0 Å². The zero-order valence-corrected chi connectivity index (χ0v) is 8.67. The summed E-state index contributed by atoms with van der Waals surface area (Å²) >= 11 is 0. The predicted octanol–water partition coefficient (Wildman–Crippen LogP) is 2.10. The highest BCUT2D eigenvalue weighted by Gasteiger charge is 2.22. The van der Waals surface area contributed by atoms with E-state index in [1.165, 1.54) is 11.4 Å². The minimum Gasteiger partial charge on any atom is -0.346 e. The quantitative estimate of drug-likeness (QED) is 0.697. The third kappa shape index (κ3) is 1.39. The lowest BCUT2D eigenvalue weighted by molar-refractivity contribution is 0.345. The molecule has 0 aromatic carbocycles. The fourth-order valence-corrected chi connectivity index (χ4v) is 2.18. The number of nitrogens with zero attached hydrogens (tertiary/aromatic N) is 1. The van der Waals surface area contributed by atoms with Crippen LogP contribution in [0, 0.1) is 12.8 Å². The molecule has 2 heteroatoms. The van der Waals surface area contributed by atoms with E-state index in [4.69, 9.17) is 0 Å². The van der Waals surface area contributed by atoms with Crippen LogP contribution in [-0.4, -0.2) is 11.1 Å². The van der Waals surface area contributed by atoms with Crippen molar-refractivity contribution in [2.45, 2.75) is 33.4 Å². The standard InChI is InChI=1S/C11H18N2/c1-8(2)11-10-5-4-9(3)13(10)7-6-12-11/h4-5,8,11-12H,6-7H2,1-3H3. The van der Waals surface area contributed by atoms with Crippen LogP contribution in [0.3, 0.4) is 0 Å². The van der Waals surface area contributed by atoms with Crippen LogP contribution in [0.2, 0.25) is 0 Å². The van der Waals surface area contributed by atoms with Crippen molar-refractivity contribution >= 4 is 0 Å². The largest absolute Gasteiger partial charge is 0.346 e. The van der Waals surface area contributed by atoms with Crippen LogP contribution < -0.4 is 5.32 Å².